The molecule has 0 unspecified atom stereocenters. The van der Waals surface area contributed by atoms with Crippen LogP contribution in [-0.2, 0) is 17.6 Å². The molecule has 5 heteroatoms. The maximum absolute atomic E-state index is 12.4. The van der Waals surface area contributed by atoms with Crippen LogP contribution in [0.25, 0.3) is 17.4 Å². The van der Waals surface area contributed by atoms with Gasteiger partial charge in [0.25, 0.3) is 0 Å². The molecule has 0 aliphatic heterocycles. The van der Waals surface area contributed by atoms with Crippen LogP contribution in [0.1, 0.15) is 35.1 Å². The Balaban J connectivity index is 1.47. The molecule has 0 radical (unpaired) electrons. The number of benzene rings is 1. The lowest BCUT2D eigenvalue weighted by Crippen LogP contribution is -2.10. The zero-order chi connectivity index (χ0) is 19.5. The van der Waals surface area contributed by atoms with Gasteiger partial charge in [0, 0.05) is 16.5 Å². The Bertz CT molecular complexity index is 1070. The van der Waals surface area contributed by atoms with Gasteiger partial charge in [-0.1, -0.05) is 37.3 Å². The fourth-order valence-electron chi connectivity index (χ4n) is 3.47. The molecular formula is C23H20N2O2S. The van der Waals surface area contributed by atoms with E-state index in [4.69, 9.17) is 4.42 Å². The van der Waals surface area contributed by atoms with Crippen LogP contribution < -0.4 is 5.32 Å². The summed E-state index contributed by atoms with van der Waals surface area (Å²) in [5, 5.41) is 13.1. The fourth-order valence-corrected chi connectivity index (χ4v) is 4.83. The van der Waals surface area contributed by atoms with Crippen molar-refractivity contribution in [2.75, 3.05) is 5.32 Å². The highest BCUT2D eigenvalue weighted by molar-refractivity contribution is 7.16. The zero-order valence-electron chi connectivity index (χ0n) is 15.6. The summed E-state index contributed by atoms with van der Waals surface area (Å²) in [6, 6.07) is 15.8. The predicted octanol–water partition coefficient (Wildman–Crippen LogP) is 5.66. The lowest BCUT2D eigenvalue weighted by Gasteiger charge is -2.17. The minimum Gasteiger partial charge on any atom is -0.457 e. The zero-order valence-corrected chi connectivity index (χ0v) is 16.4. The molecule has 0 spiro atoms. The molecular weight excluding hydrogens is 368 g/mol. The van der Waals surface area contributed by atoms with E-state index in [2.05, 4.69) is 18.3 Å². The molecule has 3 aromatic rings. The van der Waals surface area contributed by atoms with Gasteiger partial charge in [0.05, 0.1) is 5.56 Å². The lowest BCUT2D eigenvalue weighted by molar-refractivity contribution is -0.111. The van der Waals surface area contributed by atoms with Crippen molar-refractivity contribution in [3.05, 3.63) is 70.3 Å². The number of amides is 1. The van der Waals surface area contributed by atoms with E-state index in [0.29, 0.717) is 22.2 Å². The highest BCUT2D eigenvalue weighted by Gasteiger charge is 2.24. The van der Waals surface area contributed by atoms with E-state index in [1.807, 2.05) is 42.5 Å². The number of carbonyl (C=O) groups excluding carboxylic acids is 1. The summed E-state index contributed by atoms with van der Waals surface area (Å²) in [7, 11) is 0. The molecule has 0 fully saturated rings. The van der Waals surface area contributed by atoms with Gasteiger partial charge in [-0.3, -0.25) is 4.79 Å². The molecule has 1 aliphatic carbocycles. The maximum Gasteiger partial charge on any atom is 0.249 e. The van der Waals surface area contributed by atoms with Gasteiger partial charge in [-0.15, -0.1) is 11.3 Å². The molecule has 140 valence electrons. The molecule has 0 bridgehead atoms. The molecule has 2 heterocycles. The molecule has 1 amide bonds. The first-order valence-electron chi connectivity index (χ1n) is 9.33. The molecule has 0 saturated carbocycles. The van der Waals surface area contributed by atoms with E-state index in [0.717, 1.165) is 36.1 Å². The monoisotopic (exact) mass is 388 g/mol. The Hall–Kier alpha value is -3.10. The van der Waals surface area contributed by atoms with Crippen molar-refractivity contribution in [2.45, 2.75) is 26.2 Å². The van der Waals surface area contributed by atoms with Crippen LogP contribution in [0.3, 0.4) is 0 Å². The van der Waals surface area contributed by atoms with Gasteiger partial charge < -0.3 is 9.73 Å². The Kier molecular flexibility index (Phi) is 5.14. The van der Waals surface area contributed by atoms with E-state index >= 15 is 0 Å². The fraction of sp³-hybridized carbons (Fsp3) is 0.217. The van der Waals surface area contributed by atoms with Crippen molar-refractivity contribution < 1.29 is 9.21 Å². The van der Waals surface area contributed by atoms with E-state index in [9.17, 15) is 10.1 Å². The van der Waals surface area contributed by atoms with Crippen LogP contribution in [0.4, 0.5) is 5.00 Å². The third-order valence-electron chi connectivity index (χ3n) is 4.94. The number of anilines is 1. The number of nitrogens with one attached hydrogen (secondary N) is 1. The molecule has 1 atom stereocenters. The van der Waals surface area contributed by atoms with Crippen molar-refractivity contribution in [2.24, 2.45) is 5.92 Å². The quantitative estimate of drug-likeness (QED) is 0.587. The number of carbonyl (C=O) groups is 1. The summed E-state index contributed by atoms with van der Waals surface area (Å²) < 4.78 is 5.78. The molecule has 4 rings (SSSR count). The number of furan rings is 1. The van der Waals surface area contributed by atoms with Gasteiger partial charge in [-0.2, -0.15) is 5.26 Å². The second-order valence-corrected chi connectivity index (χ2v) is 8.16. The van der Waals surface area contributed by atoms with Gasteiger partial charge in [-0.05, 0) is 49.0 Å². The van der Waals surface area contributed by atoms with Crippen molar-refractivity contribution in [1.29, 1.82) is 5.26 Å². The van der Waals surface area contributed by atoms with Crippen LogP contribution in [0.5, 0.6) is 0 Å². The van der Waals surface area contributed by atoms with Crippen molar-refractivity contribution >= 4 is 28.3 Å². The minimum absolute atomic E-state index is 0.263. The number of fused-ring (bicyclic) bond motifs is 1. The largest absolute Gasteiger partial charge is 0.457 e. The van der Waals surface area contributed by atoms with Crippen LogP contribution in [0, 0.1) is 17.2 Å². The molecule has 1 aromatic carbocycles. The van der Waals surface area contributed by atoms with Crippen LogP contribution in [0.2, 0.25) is 0 Å². The highest BCUT2D eigenvalue weighted by atomic mass is 32.1. The Morgan fingerprint density at radius 2 is 2.11 bits per heavy atom. The standard InChI is InChI=1S/C23H20N2O2S/c1-15-7-10-18-19(14-24)23(28-21(18)13-15)25-22(26)12-9-17-8-11-20(27-17)16-5-3-2-4-6-16/h2-6,8-9,11-12,15H,7,10,13H2,1H3,(H,25,26)/b12-9+/t15-/m0/s1. The summed E-state index contributed by atoms with van der Waals surface area (Å²) >= 11 is 1.53. The second kappa shape index (κ2) is 7.87. The highest BCUT2D eigenvalue weighted by Crippen LogP contribution is 2.39. The van der Waals surface area contributed by atoms with Gasteiger partial charge in [0.15, 0.2) is 0 Å². The summed E-state index contributed by atoms with van der Waals surface area (Å²) in [5.41, 5.74) is 2.73. The summed E-state index contributed by atoms with van der Waals surface area (Å²) in [6.07, 6.45) is 6.07. The topological polar surface area (TPSA) is 66.0 Å². The minimum atomic E-state index is -0.263. The second-order valence-electron chi connectivity index (χ2n) is 7.06. The summed E-state index contributed by atoms with van der Waals surface area (Å²) in [4.78, 5) is 13.6. The van der Waals surface area contributed by atoms with Gasteiger partial charge in [0.2, 0.25) is 5.91 Å². The summed E-state index contributed by atoms with van der Waals surface area (Å²) in [6.45, 7) is 2.22. The molecule has 28 heavy (non-hydrogen) atoms. The smallest absolute Gasteiger partial charge is 0.249 e. The van der Waals surface area contributed by atoms with Crippen LogP contribution in [0.15, 0.2) is 53.0 Å². The molecule has 0 saturated heterocycles. The normalized spacial score (nSPS) is 15.9. The first-order chi connectivity index (χ1) is 13.6. The third-order valence-corrected chi connectivity index (χ3v) is 6.11. The molecule has 1 N–H and O–H groups in total. The number of thiophene rings is 1. The predicted molar refractivity (Wildman–Crippen MR) is 112 cm³/mol. The van der Waals surface area contributed by atoms with Crippen molar-refractivity contribution in [3.63, 3.8) is 0 Å². The Morgan fingerprint density at radius 3 is 2.89 bits per heavy atom. The lowest BCUT2D eigenvalue weighted by atomic mass is 9.89. The Labute approximate surface area is 168 Å². The first kappa shape index (κ1) is 18.3. The van der Waals surface area contributed by atoms with Crippen molar-refractivity contribution in [3.8, 4) is 17.4 Å². The number of rotatable bonds is 4. The number of nitrogens with zero attached hydrogens (tertiary/aromatic N) is 1. The summed E-state index contributed by atoms with van der Waals surface area (Å²) in [5.74, 6) is 1.72. The first-order valence-corrected chi connectivity index (χ1v) is 10.1. The van der Waals surface area contributed by atoms with Crippen LogP contribution in [-0.4, -0.2) is 5.91 Å². The van der Waals surface area contributed by atoms with E-state index < -0.39 is 0 Å². The number of nitriles is 1. The molecule has 4 nitrogen and oxygen atoms in total. The molecule has 2 aromatic heterocycles. The van der Waals surface area contributed by atoms with Gasteiger partial charge >= 0.3 is 0 Å². The van der Waals surface area contributed by atoms with Crippen LogP contribution >= 0.6 is 11.3 Å². The van der Waals surface area contributed by atoms with Crippen molar-refractivity contribution in [1.82, 2.24) is 0 Å². The average Bonchev–Trinajstić information content (AvgIpc) is 3.31. The Morgan fingerprint density at radius 1 is 1.29 bits per heavy atom. The maximum atomic E-state index is 12.4. The molecule has 1 aliphatic rings. The SMILES string of the molecule is C[C@H]1CCc2c(sc(NC(=O)/C=C/c3ccc(-c4ccccc4)o3)c2C#N)C1. The average molecular weight is 388 g/mol. The third kappa shape index (κ3) is 3.78. The van der Waals surface area contributed by atoms with Gasteiger partial charge in [0.1, 0.15) is 22.6 Å². The van der Waals surface area contributed by atoms with E-state index in [1.165, 1.54) is 22.3 Å². The van der Waals surface area contributed by atoms with Gasteiger partial charge in [-0.25, -0.2) is 0 Å². The number of hydrogen-bond donors (Lipinski definition) is 1. The van der Waals surface area contributed by atoms with E-state index in [1.54, 1.807) is 6.08 Å². The van der Waals surface area contributed by atoms with E-state index in [-0.39, 0.29) is 5.91 Å². The number of hydrogen-bond acceptors (Lipinski definition) is 4.